The lowest BCUT2D eigenvalue weighted by atomic mass is 9.85. The van der Waals surface area contributed by atoms with Crippen molar-refractivity contribution in [2.24, 2.45) is 17.6 Å². The Morgan fingerprint density at radius 3 is 1.33 bits per heavy atom. The number of pyridine rings is 2. The first-order valence-electron chi connectivity index (χ1n) is 29.2. The number of carboxylic acid groups (broad SMARTS) is 1. The average molecular weight is 1220 g/mol. The molecule has 16 heteroatoms. The minimum absolute atomic E-state index is 0. The highest BCUT2D eigenvalue weighted by atomic mass is 32.1. The lowest BCUT2D eigenvalue weighted by Crippen LogP contribution is -2.31. The summed E-state index contributed by atoms with van der Waals surface area (Å²) in [5, 5.41) is 9.28. The number of rotatable bonds is 26. The van der Waals surface area contributed by atoms with E-state index in [2.05, 4.69) is 101 Å². The first-order valence-corrected chi connectivity index (χ1v) is 29.2. The number of likely N-dealkylation sites (N-methyl/N-ethyl adjacent to an activating group) is 2. The van der Waals surface area contributed by atoms with E-state index in [0.717, 1.165) is 64.9 Å². The zero-order valence-electron chi connectivity index (χ0n) is 52.9. The summed E-state index contributed by atoms with van der Waals surface area (Å²) in [4.78, 5) is 79.0. The lowest BCUT2D eigenvalue weighted by Gasteiger charge is -2.24. The van der Waals surface area contributed by atoms with Gasteiger partial charge in [0.2, 0.25) is 0 Å². The molecule has 2 heterocycles. The van der Waals surface area contributed by atoms with Crippen LogP contribution in [-0.2, 0) is 41.5 Å². The Labute approximate surface area is 527 Å². The summed E-state index contributed by atoms with van der Waals surface area (Å²) >= 11 is 0. The molecule has 0 aliphatic carbocycles. The molecule has 0 amide bonds. The van der Waals surface area contributed by atoms with Crippen molar-refractivity contribution in [1.29, 1.82) is 0 Å². The molecule has 472 valence electrons. The largest absolute Gasteiger partial charge is 0.480 e. The predicted molar refractivity (Wildman–Crippen MR) is 363 cm³/mol. The summed E-state index contributed by atoms with van der Waals surface area (Å²) in [6.45, 7) is 22.4. The molecule has 0 saturated heterocycles. The second-order valence-electron chi connectivity index (χ2n) is 23.1. The summed E-state index contributed by atoms with van der Waals surface area (Å²) in [6, 6.07) is 34.0. The molecule has 0 fully saturated rings. The fraction of sp³-hybridized carbons (Fsp3) is 0.457. The molecule has 0 spiro atoms. The van der Waals surface area contributed by atoms with Crippen molar-refractivity contribution in [3.63, 3.8) is 0 Å². The van der Waals surface area contributed by atoms with Crippen LogP contribution < -0.4 is 16.9 Å². The Balaban J connectivity index is 0.000000696. The van der Waals surface area contributed by atoms with Gasteiger partial charge in [0, 0.05) is 56.0 Å². The molecule has 86 heavy (non-hydrogen) atoms. The molecule has 0 bridgehead atoms. The Morgan fingerprint density at radius 1 is 0.547 bits per heavy atom. The van der Waals surface area contributed by atoms with Gasteiger partial charge in [0.25, 0.3) is 11.1 Å². The maximum atomic E-state index is 14.0. The van der Waals surface area contributed by atoms with Gasteiger partial charge in [0.15, 0.2) is 5.78 Å². The predicted octanol–water partition coefficient (Wildman–Crippen LogP) is 12.9. The van der Waals surface area contributed by atoms with E-state index in [0.29, 0.717) is 19.4 Å². The highest BCUT2D eigenvalue weighted by Gasteiger charge is 2.29. The lowest BCUT2D eigenvalue weighted by molar-refractivity contribution is -0.144. The summed E-state index contributed by atoms with van der Waals surface area (Å²) in [5.74, 6) is -1.53. The van der Waals surface area contributed by atoms with Crippen LogP contribution in [0.4, 0.5) is 0 Å². The Hall–Kier alpha value is -6.56. The van der Waals surface area contributed by atoms with Crippen LogP contribution in [0.3, 0.4) is 0 Å². The third-order valence-electron chi connectivity index (χ3n) is 14.5. The zero-order chi connectivity index (χ0) is 61.5. The highest BCUT2D eigenvalue weighted by molar-refractivity contribution is 7.59. The number of nitrogens with two attached hydrogens (primary N) is 1. The van der Waals surface area contributed by atoms with Crippen LogP contribution in [0.25, 0.3) is 22.3 Å². The quantitative estimate of drug-likeness (QED) is 0.0491. The van der Waals surface area contributed by atoms with E-state index in [1.165, 1.54) is 32.4 Å². The highest BCUT2D eigenvalue weighted by Crippen LogP contribution is 2.34. The van der Waals surface area contributed by atoms with Gasteiger partial charge >= 0.3 is 17.9 Å². The fourth-order valence-electron chi connectivity index (χ4n) is 10.3. The number of hydrogen-bond donors (Lipinski definition) is 2. The molecular weight excluding hydrogens is 1120 g/mol. The molecule has 14 nitrogen and oxygen atoms in total. The molecule has 0 saturated carbocycles. The smallest absolute Gasteiger partial charge is 0.326 e. The maximum Gasteiger partial charge on any atom is 0.326 e. The number of aryl methyl sites for hydroxylation is 4. The van der Waals surface area contributed by atoms with E-state index in [1.807, 2.05) is 89.4 Å². The molecule has 4 aromatic carbocycles. The third-order valence-corrected chi connectivity index (χ3v) is 14.5. The minimum Gasteiger partial charge on any atom is -0.480 e. The molecule has 0 aliphatic rings. The van der Waals surface area contributed by atoms with Crippen molar-refractivity contribution in [3.8, 4) is 22.3 Å². The van der Waals surface area contributed by atoms with E-state index in [1.54, 1.807) is 42.9 Å². The summed E-state index contributed by atoms with van der Waals surface area (Å²) in [7, 11) is 7.96. The van der Waals surface area contributed by atoms with Crippen LogP contribution in [0.1, 0.15) is 150 Å². The third kappa shape index (κ3) is 24.7. The van der Waals surface area contributed by atoms with Crippen molar-refractivity contribution >= 4 is 50.7 Å². The normalized spacial score (nSPS) is 12.2. The van der Waals surface area contributed by atoms with Crippen LogP contribution in [0.15, 0.2) is 131 Å². The number of carbonyl (C=O) groups is 4. The van der Waals surface area contributed by atoms with E-state index in [4.69, 9.17) is 15.2 Å². The number of carboxylic acids is 1. The molecule has 6 aromatic rings. The Bertz CT molecular complexity index is 3170. The molecule has 0 radical (unpaired) electrons. The Morgan fingerprint density at radius 2 is 0.930 bits per heavy atom. The summed E-state index contributed by atoms with van der Waals surface area (Å²) in [6.07, 6.45) is 6.36. The first kappa shape index (κ1) is 77.5. The number of carbonyl (C=O) groups excluding carboxylic acids is 3. The molecule has 4 atom stereocenters. The molecule has 2 aromatic heterocycles. The number of hydrogen-bond acceptors (Lipinski definition) is 11. The van der Waals surface area contributed by atoms with Gasteiger partial charge < -0.3 is 39.2 Å². The van der Waals surface area contributed by atoms with Gasteiger partial charge in [-0.1, -0.05) is 114 Å². The summed E-state index contributed by atoms with van der Waals surface area (Å²) < 4.78 is 13.2. The van der Waals surface area contributed by atoms with Gasteiger partial charge in [-0.3, -0.25) is 24.0 Å². The van der Waals surface area contributed by atoms with Crippen molar-refractivity contribution in [1.82, 2.24) is 18.9 Å². The van der Waals surface area contributed by atoms with Crippen LogP contribution in [0.5, 0.6) is 0 Å². The van der Waals surface area contributed by atoms with Crippen molar-refractivity contribution in [2.45, 2.75) is 146 Å². The number of esters is 2. The number of aromatic nitrogens is 2. The van der Waals surface area contributed by atoms with Gasteiger partial charge in [0.05, 0.1) is 32.1 Å². The molecular formula is C70H101N5O9S2. The molecule has 2 unspecified atom stereocenters. The molecule has 3 N–H and O–H groups in total. The van der Waals surface area contributed by atoms with Gasteiger partial charge in [-0.25, -0.2) is 4.79 Å². The Kier molecular flexibility index (Phi) is 34.7. The number of ether oxygens (including phenoxy) is 2. The van der Waals surface area contributed by atoms with Gasteiger partial charge in [-0.15, -0.1) is 0 Å². The van der Waals surface area contributed by atoms with Crippen LogP contribution in [-0.4, -0.2) is 102 Å². The number of nitrogens with zero attached hydrogens (tertiary/aromatic N) is 4. The van der Waals surface area contributed by atoms with Gasteiger partial charge in [-0.2, -0.15) is 27.0 Å². The maximum absolute atomic E-state index is 14.0. The number of benzene rings is 4. The van der Waals surface area contributed by atoms with E-state index < -0.39 is 18.1 Å². The van der Waals surface area contributed by atoms with E-state index in [9.17, 15) is 33.9 Å². The topological polar surface area (TPSA) is 183 Å². The SMILES string of the molecule is C.CC(C)CC(C(=O)O)n1ccc(CCN(C)C)cc1=O.CCOC(=O)C[C@H](CC(=O)C(CC(C)C)n1ccc(CCN(C)C)cc1=O)c1cccc(-c2c(C)cccc2C)c1.CCOC(=O)C[C@H](N)c1cccc(-c2c(C)cccc2C)c1.S.S. The fourth-order valence-corrected chi connectivity index (χ4v) is 10.3. The van der Waals surface area contributed by atoms with E-state index in [-0.39, 0.29) is 113 Å². The van der Waals surface area contributed by atoms with Crippen molar-refractivity contribution in [3.05, 3.63) is 187 Å². The van der Waals surface area contributed by atoms with E-state index >= 15 is 0 Å². The second-order valence-corrected chi connectivity index (χ2v) is 23.1. The minimum atomic E-state index is -0.957. The number of ketones is 1. The standard InChI is InChI=1S/C35H46N2O4.C19H23NO2.C15H24N2O3.CH4.2H2S/c1-8-41-34(40)23-30(28-13-10-14-29(21-28)35-25(4)11-9-12-26(35)5)22-32(38)31(19-24(2)3)37-18-16-27(20-33(37)39)15-17-36(6)7;1-4-22-18(21)12-17(20)15-9-6-10-16(11-15)19-13(2)7-5-8-14(19)3;1-11(2)9-13(15(19)20)17-8-6-12(10-14(17)18)5-7-16(3)4;;;/h9-14,16,18,20-21,24,30-31H,8,15,17,19,22-23H2,1-7H3;5-11,17H,4,12,20H2,1-3H3;6,8,10-11,13H,5,7,9H2,1-4H3,(H,19,20);1H4;2*1H2/t30-,31?;17-;;;;/m00..../s1. The monoisotopic (exact) mass is 1220 g/mol. The first-order chi connectivity index (χ1) is 39.3. The second kappa shape index (κ2) is 38.6. The number of Topliss-reactive ketones (excluding diaryl/α,β-unsaturated/α-hetero) is 1. The summed E-state index contributed by atoms with van der Waals surface area (Å²) in [5.41, 5.74) is 18.9. The average Bonchev–Trinajstić information content (AvgIpc) is 1.62. The van der Waals surface area contributed by atoms with Crippen LogP contribution in [0.2, 0.25) is 0 Å². The molecule has 0 aliphatic heterocycles. The molecule has 6 rings (SSSR count). The zero-order valence-corrected chi connectivity index (χ0v) is 54.9. The van der Waals surface area contributed by atoms with Gasteiger partial charge in [0.1, 0.15) is 6.04 Å². The van der Waals surface area contributed by atoms with Crippen LogP contribution >= 0.6 is 27.0 Å². The number of aliphatic carboxylic acids is 1. The van der Waals surface area contributed by atoms with Crippen molar-refractivity contribution < 1.29 is 33.8 Å². The van der Waals surface area contributed by atoms with Crippen molar-refractivity contribution in [2.75, 3.05) is 54.5 Å². The van der Waals surface area contributed by atoms with Gasteiger partial charge in [-0.05, 0) is 192 Å². The van der Waals surface area contributed by atoms with Crippen LogP contribution in [0, 0.1) is 39.5 Å².